The SMILES string of the molecule is Cl.Cl.O=C(NCC1CNC1)c1ccc(SCc2cn3ccccc3n2)cc1. The van der Waals surface area contributed by atoms with Crippen molar-refractivity contribution in [2.24, 2.45) is 5.92 Å². The maximum absolute atomic E-state index is 12.1. The van der Waals surface area contributed by atoms with Crippen LogP contribution in [0, 0.1) is 5.92 Å². The lowest BCUT2D eigenvalue weighted by atomic mass is 10.0. The highest BCUT2D eigenvalue weighted by atomic mass is 35.5. The summed E-state index contributed by atoms with van der Waals surface area (Å²) >= 11 is 1.72. The van der Waals surface area contributed by atoms with Crippen molar-refractivity contribution < 1.29 is 4.79 Å². The lowest BCUT2D eigenvalue weighted by Gasteiger charge is -2.27. The fraction of sp³-hybridized carbons (Fsp3) is 0.263. The minimum absolute atomic E-state index is 0. The van der Waals surface area contributed by atoms with E-state index in [-0.39, 0.29) is 30.7 Å². The molecule has 1 aliphatic rings. The van der Waals surface area contributed by atoms with Gasteiger partial charge in [0.05, 0.1) is 5.69 Å². The van der Waals surface area contributed by atoms with Crippen LogP contribution in [0.4, 0.5) is 0 Å². The van der Waals surface area contributed by atoms with Gasteiger partial charge in [-0.05, 0) is 36.4 Å². The van der Waals surface area contributed by atoms with Gasteiger partial charge in [0.1, 0.15) is 5.65 Å². The lowest BCUT2D eigenvalue weighted by molar-refractivity contribution is 0.0942. The van der Waals surface area contributed by atoms with Gasteiger partial charge >= 0.3 is 0 Å². The van der Waals surface area contributed by atoms with Crippen molar-refractivity contribution in [1.82, 2.24) is 20.0 Å². The summed E-state index contributed by atoms with van der Waals surface area (Å²) in [6, 6.07) is 13.8. The summed E-state index contributed by atoms with van der Waals surface area (Å²) in [6.45, 7) is 2.74. The Bertz CT molecular complexity index is 848. The Hall–Kier alpha value is -1.73. The van der Waals surface area contributed by atoms with Gasteiger partial charge in [-0.2, -0.15) is 0 Å². The molecule has 0 bridgehead atoms. The number of hydrogen-bond donors (Lipinski definition) is 2. The zero-order valence-corrected chi connectivity index (χ0v) is 17.1. The van der Waals surface area contributed by atoms with E-state index in [1.165, 1.54) is 0 Å². The van der Waals surface area contributed by atoms with Crippen molar-refractivity contribution in [2.75, 3.05) is 19.6 Å². The Balaban J connectivity index is 0.00000131. The molecule has 8 heteroatoms. The van der Waals surface area contributed by atoms with Crippen LogP contribution in [0.3, 0.4) is 0 Å². The van der Waals surface area contributed by atoms with Crippen LogP contribution in [0.2, 0.25) is 0 Å². The van der Waals surface area contributed by atoms with Crippen LogP contribution >= 0.6 is 36.6 Å². The van der Waals surface area contributed by atoms with E-state index in [1.807, 2.05) is 53.1 Å². The van der Waals surface area contributed by atoms with Crippen LogP contribution in [0.1, 0.15) is 16.1 Å². The zero-order chi connectivity index (χ0) is 17.1. The Kier molecular flexibility index (Phi) is 7.98. The smallest absolute Gasteiger partial charge is 0.251 e. The minimum atomic E-state index is 0. The summed E-state index contributed by atoms with van der Waals surface area (Å²) < 4.78 is 2.03. The molecule has 1 saturated heterocycles. The van der Waals surface area contributed by atoms with Gasteiger partial charge in [0.15, 0.2) is 0 Å². The number of nitrogens with zero attached hydrogens (tertiary/aromatic N) is 2. The third-order valence-corrected chi connectivity index (χ3v) is 5.38. The molecule has 3 heterocycles. The second kappa shape index (κ2) is 9.99. The van der Waals surface area contributed by atoms with Crippen LogP contribution in [-0.4, -0.2) is 34.9 Å². The largest absolute Gasteiger partial charge is 0.352 e. The molecule has 0 saturated carbocycles. The van der Waals surface area contributed by atoms with Gasteiger partial charge in [0, 0.05) is 54.2 Å². The second-order valence-electron chi connectivity index (χ2n) is 6.25. The molecule has 0 radical (unpaired) electrons. The highest BCUT2D eigenvalue weighted by Crippen LogP contribution is 2.23. The quantitative estimate of drug-likeness (QED) is 0.595. The van der Waals surface area contributed by atoms with E-state index in [0.717, 1.165) is 41.6 Å². The fourth-order valence-electron chi connectivity index (χ4n) is 2.75. The van der Waals surface area contributed by atoms with E-state index < -0.39 is 0 Å². The summed E-state index contributed by atoms with van der Waals surface area (Å²) in [7, 11) is 0. The van der Waals surface area contributed by atoms with Crippen molar-refractivity contribution >= 4 is 48.1 Å². The second-order valence-corrected chi connectivity index (χ2v) is 7.29. The Morgan fingerprint density at radius 1 is 1.19 bits per heavy atom. The molecule has 5 nitrogen and oxygen atoms in total. The van der Waals surface area contributed by atoms with Gasteiger partial charge in [-0.1, -0.05) is 6.07 Å². The highest BCUT2D eigenvalue weighted by Gasteiger charge is 2.17. The molecule has 2 N–H and O–H groups in total. The van der Waals surface area contributed by atoms with Crippen LogP contribution in [0.15, 0.2) is 59.8 Å². The summed E-state index contributed by atoms with van der Waals surface area (Å²) in [5.74, 6) is 1.38. The van der Waals surface area contributed by atoms with E-state index >= 15 is 0 Å². The number of aromatic nitrogens is 2. The van der Waals surface area contributed by atoms with E-state index in [2.05, 4.69) is 21.8 Å². The van der Waals surface area contributed by atoms with Gasteiger partial charge in [0.25, 0.3) is 5.91 Å². The number of thioether (sulfide) groups is 1. The molecule has 1 aliphatic heterocycles. The van der Waals surface area contributed by atoms with E-state index in [1.54, 1.807) is 11.8 Å². The van der Waals surface area contributed by atoms with E-state index in [4.69, 9.17) is 0 Å². The van der Waals surface area contributed by atoms with Gasteiger partial charge in [-0.3, -0.25) is 4.79 Å². The minimum Gasteiger partial charge on any atom is -0.352 e. The predicted octanol–water partition coefficient (Wildman–Crippen LogP) is 3.42. The molecule has 2 aromatic heterocycles. The lowest BCUT2D eigenvalue weighted by Crippen LogP contribution is -2.48. The fourth-order valence-corrected chi connectivity index (χ4v) is 3.53. The Labute approximate surface area is 175 Å². The molecule has 27 heavy (non-hydrogen) atoms. The molecule has 0 aliphatic carbocycles. The van der Waals surface area contributed by atoms with Crippen molar-refractivity contribution in [3.63, 3.8) is 0 Å². The van der Waals surface area contributed by atoms with Crippen LogP contribution in [-0.2, 0) is 5.75 Å². The molecule has 0 unspecified atom stereocenters. The predicted molar refractivity (Wildman–Crippen MR) is 114 cm³/mol. The Morgan fingerprint density at radius 3 is 2.63 bits per heavy atom. The van der Waals surface area contributed by atoms with Gasteiger partial charge in [0.2, 0.25) is 0 Å². The molecule has 144 valence electrons. The van der Waals surface area contributed by atoms with Crippen molar-refractivity contribution in [1.29, 1.82) is 0 Å². The molecule has 0 spiro atoms. The maximum atomic E-state index is 12.1. The van der Waals surface area contributed by atoms with Gasteiger partial charge < -0.3 is 15.0 Å². The van der Waals surface area contributed by atoms with Gasteiger partial charge in [-0.25, -0.2) is 4.98 Å². The first-order chi connectivity index (χ1) is 12.3. The summed E-state index contributed by atoms with van der Waals surface area (Å²) in [5.41, 5.74) is 2.73. The highest BCUT2D eigenvalue weighted by molar-refractivity contribution is 7.98. The topological polar surface area (TPSA) is 58.4 Å². The van der Waals surface area contributed by atoms with Crippen molar-refractivity contribution in [2.45, 2.75) is 10.6 Å². The third-order valence-electron chi connectivity index (χ3n) is 4.33. The number of hydrogen-bond acceptors (Lipinski definition) is 4. The summed E-state index contributed by atoms with van der Waals surface area (Å²) in [6.07, 6.45) is 4.06. The third kappa shape index (κ3) is 5.39. The number of nitrogens with one attached hydrogen (secondary N) is 2. The first-order valence-corrected chi connectivity index (χ1v) is 9.41. The number of carbonyl (C=O) groups is 1. The number of benzene rings is 1. The maximum Gasteiger partial charge on any atom is 0.251 e. The van der Waals surface area contributed by atoms with Crippen molar-refractivity contribution in [3.8, 4) is 0 Å². The van der Waals surface area contributed by atoms with Crippen LogP contribution < -0.4 is 10.6 Å². The van der Waals surface area contributed by atoms with Crippen LogP contribution in [0.5, 0.6) is 0 Å². The average molecular weight is 425 g/mol. The molecule has 0 atom stereocenters. The molecule has 3 aromatic rings. The van der Waals surface area contributed by atoms with E-state index in [9.17, 15) is 4.79 Å². The number of carbonyl (C=O) groups excluding carboxylic acids is 1. The summed E-state index contributed by atoms with van der Waals surface area (Å²) in [4.78, 5) is 17.9. The first kappa shape index (κ1) is 21.6. The molecule has 4 rings (SSSR count). The number of halogens is 2. The monoisotopic (exact) mass is 424 g/mol. The first-order valence-electron chi connectivity index (χ1n) is 8.42. The van der Waals surface area contributed by atoms with Crippen LogP contribution in [0.25, 0.3) is 5.65 Å². The normalized spacial score (nSPS) is 13.3. The summed E-state index contributed by atoms with van der Waals surface area (Å²) in [5, 5.41) is 6.20. The number of rotatable bonds is 6. The Morgan fingerprint density at radius 2 is 1.96 bits per heavy atom. The molecule has 1 amide bonds. The zero-order valence-electron chi connectivity index (χ0n) is 14.6. The number of pyridine rings is 1. The average Bonchev–Trinajstić information content (AvgIpc) is 3.02. The number of fused-ring (bicyclic) bond motifs is 1. The molecule has 1 fully saturated rings. The molecular weight excluding hydrogens is 403 g/mol. The molecular formula is C19H22Cl2N4OS. The molecule has 1 aromatic carbocycles. The van der Waals surface area contributed by atoms with E-state index in [0.29, 0.717) is 11.5 Å². The van der Waals surface area contributed by atoms with Crippen molar-refractivity contribution in [3.05, 3.63) is 66.1 Å². The number of amides is 1. The standard InChI is InChI=1S/C19H20N4OS.2ClH/c24-19(21-11-14-9-20-10-14)15-4-6-17(7-5-15)25-13-16-12-23-8-2-1-3-18(23)22-16;;/h1-8,12,14,20H,9-11,13H2,(H,21,24);2*1H. The van der Waals surface area contributed by atoms with Gasteiger partial charge in [-0.15, -0.1) is 36.6 Å². The number of imidazole rings is 1.